The third-order valence-electron chi connectivity index (χ3n) is 9.71. The standard InChI is InChI=1S/C27H32O5/c1-24-12-10-18(28)14-17(24)8-9-20-21-11-13-26(30,25(21,2)15-22(29)23(20)24)27(16-31-27)32-19-6-4-3-5-7-19/h3-7,10,12,14,20-23,29-30H,8-9,11,13,15-16H2,1-2H3/t20-,21-,22-,23+,24-,25-,26+,27?/m0/s1. The van der Waals surface area contributed by atoms with Crippen molar-refractivity contribution >= 4 is 5.78 Å². The number of aliphatic hydroxyl groups is 2. The molecule has 0 aromatic heterocycles. The molecule has 1 unspecified atom stereocenters. The van der Waals surface area contributed by atoms with E-state index >= 15 is 0 Å². The minimum absolute atomic E-state index is 0.0483. The van der Waals surface area contributed by atoms with Crippen molar-refractivity contribution in [2.75, 3.05) is 6.61 Å². The second-order valence-electron chi connectivity index (χ2n) is 11.1. The van der Waals surface area contributed by atoms with Crippen molar-refractivity contribution in [2.24, 2.45) is 28.6 Å². The van der Waals surface area contributed by atoms with Crippen molar-refractivity contribution in [3.8, 4) is 5.75 Å². The van der Waals surface area contributed by atoms with Crippen molar-refractivity contribution in [2.45, 2.75) is 63.4 Å². The predicted molar refractivity (Wildman–Crippen MR) is 119 cm³/mol. The summed E-state index contributed by atoms with van der Waals surface area (Å²) in [4.78, 5) is 12.0. The van der Waals surface area contributed by atoms with Gasteiger partial charge in [-0.25, -0.2) is 0 Å². The summed E-state index contributed by atoms with van der Waals surface area (Å²) in [5.74, 6) is 0.295. The Labute approximate surface area is 189 Å². The number of epoxide rings is 1. The van der Waals surface area contributed by atoms with Crippen LogP contribution in [0.4, 0.5) is 0 Å². The fraction of sp³-hybridized carbons (Fsp3) is 0.593. The maximum Gasteiger partial charge on any atom is 0.264 e. The predicted octanol–water partition coefficient (Wildman–Crippen LogP) is 3.80. The molecule has 8 atom stereocenters. The summed E-state index contributed by atoms with van der Waals surface area (Å²) in [6, 6.07) is 9.55. The van der Waals surface area contributed by atoms with Crippen LogP contribution in [0.3, 0.4) is 0 Å². The first kappa shape index (κ1) is 20.6. The smallest absolute Gasteiger partial charge is 0.264 e. The molecule has 0 bridgehead atoms. The number of ketones is 1. The summed E-state index contributed by atoms with van der Waals surface area (Å²) in [5, 5.41) is 23.8. The molecule has 5 heteroatoms. The minimum Gasteiger partial charge on any atom is -0.457 e. The van der Waals surface area contributed by atoms with Crippen molar-refractivity contribution in [3.05, 3.63) is 54.1 Å². The summed E-state index contributed by atoms with van der Waals surface area (Å²) in [5.41, 5.74) is -0.824. The van der Waals surface area contributed by atoms with Gasteiger partial charge in [-0.1, -0.05) is 43.7 Å². The lowest BCUT2D eigenvalue weighted by molar-refractivity contribution is -0.223. The van der Waals surface area contributed by atoms with Crippen LogP contribution in [-0.2, 0) is 9.53 Å². The molecular formula is C27H32O5. The molecule has 1 saturated heterocycles. The highest BCUT2D eigenvalue weighted by Crippen LogP contribution is 2.70. The van der Waals surface area contributed by atoms with Gasteiger partial charge < -0.3 is 19.7 Å². The lowest BCUT2D eigenvalue weighted by Crippen LogP contribution is -2.64. The molecule has 170 valence electrons. The first-order chi connectivity index (χ1) is 15.2. The van der Waals surface area contributed by atoms with E-state index in [2.05, 4.69) is 13.8 Å². The van der Waals surface area contributed by atoms with Crippen LogP contribution in [-0.4, -0.2) is 40.1 Å². The Bertz CT molecular complexity index is 1010. The third-order valence-corrected chi connectivity index (χ3v) is 9.71. The van der Waals surface area contributed by atoms with Crippen molar-refractivity contribution < 1.29 is 24.5 Å². The van der Waals surface area contributed by atoms with Gasteiger partial charge in [0.25, 0.3) is 5.79 Å². The molecule has 1 aromatic rings. The van der Waals surface area contributed by atoms with E-state index in [9.17, 15) is 15.0 Å². The molecule has 3 saturated carbocycles. The maximum atomic E-state index is 12.2. The van der Waals surface area contributed by atoms with E-state index in [0.717, 1.165) is 24.8 Å². The number of ether oxygens (including phenoxy) is 2. The summed E-state index contributed by atoms with van der Waals surface area (Å²) in [7, 11) is 0. The van der Waals surface area contributed by atoms with Crippen LogP contribution in [0.2, 0.25) is 0 Å². The Balaban J connectivity index is 1.35. The molecule has 5 nitrogen and oxygen atoms in total. The van der Waals surface area contributed by atoms with Gasteiger partial charge in [0, 0.05) is 16.7 Å². The average Bonchev–Trinajstić information content (AvgIpc) is 3.49. The molecule has 1 heterocycles. The van der Waals surface area contributed by atoms with Gasteiger partial charge >= 0.3 is 0 Å². The molecule has 0 amide bonds. The lowest BCUT2D eigenvalue weighted by atomic mass is 9.46. The van der Waals surface area contributed by atoms with Gasteiger partial charge in [0.05, 0.1) is 6.10 Å². The zero-order valence-corrected chi connectivity index (χ0v) is 18.8. The molecule has 2 N–H and O–H groups in total. The Morgan fingerprint density at radius 1 is 1.16 bits per heavy atom. The van der Waals surface area contributed by atoms with Crippen molar-refractivity contribution in [1.29, 1.82) is 0 Å². The number of hydrogen-bond acceptors (Lipinski definition) is 5. The van der Waals surface area contributed by atoms with Gasteiger partial charge in [-0.15, -0.1) is 0 Å². The summed E-state index contributed by atoms with van der Waals surface area (Å²) in [6.45, 7) is 4.67. The zero-order chi connectivity index (χ0) is 22.4. The van der Waals surface area contributed by atoms with Crippen molar-refractivity contribution in [3.63, 3.8) is 0 Å². The van der Waals surface area contributed by atoms with E-state index in [1.165, 1.54) is 0 Å². The number of carbonyl (C=O) groups excluding carboxylic acids is 1. The van der Waals surface area contributed by atoms with Gasteiger partial charge in [0.15, 0.2) is 5.78 Å². The highest BCUT2D eigenvalue weighted by atomic mass is 16.8. The van der Waals surface area contributed by atoms with Crippen LogP contribution in [0.15, 0.2) is 54.1 Å². The van der Waals surface area contributed by atoms with Crippen LogP contribution >= 0.6 is 0 Å². The van der Waals surface area contributed by atoms with Crippen LogP contribution in [0, 0.1) is 28.6 Å². The van der Waals surface area contributed by atoms with E-state index in [4.69, 9.17) is 9.47 Å². The molecule has 4 aliphatic carbocycles. The third kappa shape index (κ3) is 2.53. The second-order valence-corrected chi connectivity index (χ2v) is 11.1. The number of allylic oxidation sites excluding steroid dienone is 4. The highest BCUT2D eigenvalue weighted by molar-refractivity contribution is 6.01. The molecule has 1 aliphatic heterocycles. The number of fused-ring (bicyclic) bond motifs is 5. The minimum atomic E-state index is -1.16. The Morgan fingerprint density at radius 2 is 1.91 bits per heavy atom. The number of rotatable bonds is 3. The Morgan fingerprint density at radius 3 is 2.62 bits per heavy atom. The van der Waals surface area contributed by atoms with Gasteiger partial charge in [0.2, 0.25) is 0 Å². The molecule has 4 fully saturated rings. The van der Waals surface area contributed by atoms with Gasteiger partial charge in [0.1, 0.15) is 18.0 Å². The fourth-order valence-electron chi connectivity index (χ4n) is 8.08. The van der Waals surface area contributed by atoms with Crippen LogP contribution in [0.5, 0.6) is 5.75 Å². The molecule has 0 spiro atoms. The number of benzene rings is 1. The second kappa shape index (κ2) is 6.55. The van der Waals surface area contributed by atoms with E-state index in [1.54, 1.807) is 12.2 Å². The first-order valence-electron chi connectivity index (χ1n) is 12.0. The van der Waals surface area contributed by atoms with Crippen LogP contribution < -0.4 is 4.74 Å². The number of hydrogen-bond donors (Lipinski definition) is 2. The lowest BCUT2D eigenvalue weighted by Gasteiger charge is -2.60. The molecule has 6 rings (SSSR count). The topological polar surface area (TPSA) is 79.3 Å². The molecular weight excluding hydrogens is 404 g/mol. The van der Waals surface area contributed by atoms with Crippen LogP contribution in [0.25, 0.3) is 0 Å². The van der Waals surface area contributed by atoms with Gasteiger partial charge in [-0.05, 0) is 68.2 Å². The van der Waals surface area contributed by atoms with Crippen molar-refractivity contribution in [1.82, 2.24) is 0 Å². The normalized spacial score (nSPS) is 49.0. The summed E-state index contributed by atoms with van der Waals surface area (Å²) < 4.78 is 12.2. The average molecular weight is 437 g/mol. The summed E-state index contributed by atoms with van der Waals surface area (Å²) in [6.07, 6.45) is 8.71. The van der Waals surface area contributed by atoms with E-state index < -0.39 is 22.9 Å². The van der Waals surface area contributed by atoms with E-state index in [1.807, 2.05) is 36.4 Å². The maximum absolute atomic E-state index is 12.2. The molecule has 32 heavy (non-hydrogen) atoms. The molecule has 1 aromatic carbocycles. The quantitative estimate of drug-likeness (QED) is 0.705. The number of carbonyl (C=O) groups is 1. The zero-order valence-electron chi connectivity index (χ0n) is 18.8. The molecule has 5 aliphatic rings. The van der Waals surface area contributed by atoms with E-state index in [-0.39, 0.29) is 29.0 Å². The van der Waals surface area contributed by atoms with Crippen LogP contribution in [0.1, 0.15) is 46.0 Å². The first-order valence-corrected chi connectivity index (χ1v) is 12.0. The van der Waals surface area contributed by atoms with E-state index in [0.29, 0.717) is 25.2 Å². The SMILES string of the molecule is C[C@]12C=CC(=O)C=C1CC[C@@H]1[C@@H]2[C@@H](O)C[C@@]2(C)[C@H]1CC[C@]2(O)C1(Oc2ccccc2)CO1. The number of para-hydroxylation sites is 1. The fourth-order valence-corrected chi connectivity index (χ4v) is 8.08. The Kier molecular flexibility index (Phi) is 4.23. The Hall–Kier alpha value is -1.95. The monoisotopic (exact) mass is 436 g/mol. The largest absolute Gasteiger partial charge is 0.457 e. The van der Waals surface area contributed by atoms with Gasteiger partial charge in [-0.2, -0.15) is 0 Å². The highest BCUT2D eigenvalue weighted by Gasteiger charge is 2.77. The number of aliphatic hydroxyl groups excluding tert-OH is 1. The summed E-state index contributed by atoms with van der Waals surface area (Å²) >= 11 is 0. The van der Waals surface area contributed by atoms with Gasteiger partial charge in [-0.3, -0.25) is 4.79 Å². The molecule has 0 radical (unpaired) electrons.